The van der Waals surface area contributed by atoms with E-state index in [1.54, 1.807) is 20.8 Å². The fraction of sp³-hybridized carbons (Fsp3) is 0.750. The van der Waals surface area contributed by atoms with Crippen LogP contribution in [0.5, 0.6) is 0 Å². The van der Waals surface area contributed by atoms with Crippen molar-refractivity contribution in [3.8, 4) is 0 Å². The lowest BCUT2D eigenvalue weighted by Crippen LogP contribution is -2.46. The maximum Gasteiger partial charge on any atom is 0.231 e. The zero-order valence-electron chi connectivity index (χ0n) is 11.4. The zero-order valence-corrected chi connectivity index (χ0v) is 12.2. The number of nitrogens with one attached hydrogen (secondary N) is 2. The van der Waals surface area contributed by atoms with Crippen LogP contribution in [0.3, 0.4) is 0 Å². The molecule has 0 spiro atoms. The Balaban J connectivity index is 4.15. The van der Waals surface area contributed by atoms with Crippen LogP contribution >= 0.6 is 12.2 Å². The Kier molecular flexibility index (Phi) is 5.26. The Bertz CT molecular complexity index is 324. The van der Waals surface area contributed by atoms with E-state index in [0.29, 0.717) is 0 Å². The van der Waals surface area contributed by atoms with Crippen molar-refractivity contribution < 1.29 is 9.59 Å². The van der Waals surface area contributed by atoms with E-state index in [-0.39, 0.29) is 23.3 Å². The SMILES string of the molecule is CC(C)(C)C(=O)CNC(=S)NC(=O)C(C)(C)C. The average molecular weight is 258 g/mol. The molecule has 0 rings (SSSR count). The Labute approximate surface area is 109 Å². The van der Waals surface area contributed by atoms with Gasteiger partial charge in [-0.15, -0.1) is 0 Å². The van der Waals surface area contributed by atoms with E-state index in [2.05, 4.69) is 10.6 Å². The second-order valence-electron chi connectivity index (χ2n) is 6.06. The first kappa shape index (κ1) is 16.0. The molecule has 2 N–H and O–H groups in total. The van der Waals surface area contributed by atoms with E-state index >= 15 is 0 Å². The van der Waals surface area contributed by atoms with Crippen molar-refractivity contribution in [3.63, 3.8) is 0 Å². The van der Waals surface area contributed by atoms with E-state index in [1.165, 1.54) is 0 Å². The van der Waals surface area contributed by atoms with Gasteiger partial charge in [0.25, 0.3) is 0 Å². The molecule has 1 amide bonds. The summed E-state index contributed by atoms with van der Waals surface area (Å²) < 4.78 is 0. The molecule has 0 aromatic heterocycles. The number of ketones is 1. The minimum absolute atomic E-state index is 0.0462. The van der Waals surface area contributed by atoms with Gasteiger partial charge in [-0.3, -0.25) is 9.59 Å². The second kappa shape index (κ2) is 5.58. The number of amides is 1. The summed E-state index contributed by atoms with van der Waals surface area (Å²) in [5, 5.41) is 5.49. The van der Waals surface area contributed by atoms with Crippen LogP contribution in [0.4, 0.5) is 0 Å². The third kappa shape index (κ3) is 6.36. The molecule has 0 aromatic rings. The predicted molar refractivity (Wildman–Crippen MR) is 72.7 cm³/mol. The van der Waals surface area contributed by atoms with Crippen molar-refractivity contribution >= 4 is 29.0 Å². The summed E-state index contributed by atoms with van der Waals surface area (Å²) in [6, 6.07) is 0. The lowest BCUT2D eigenvalue weighted by atomic mass is 9.91. The standard InChI is InChI=1S/C12H22N2O2S/c1-11(2,3)8(15)7-13-10(17)14-9(16)12(4,5)6/h7H2,1-6H3,(H2,13,14,16,17). The third-order valence-electron chi connectivity index (χ3n) is 2.15. The van der Waals surface area contributed by atoms with Gasteiger partial charge in [0, 0.05) is 10.8 Å². The number of Topliss-reactive ketones (excluding diaryl/α,β-unsaturated/α-hetero) is 1. The molecule has 0 aliphatic rings. The topological polar surface area (TPSA) is 58.2 Å². The molecule has 0 radical (unpaired) electrons. The maximum absolute atomic E-state index is 11.6. The number of thiocarbonyl (C=S) groups is 1. The van der Waals surface area contributed by atoms with Crippen molar-refractivity contribution in [1.82, 2.24) is 10.6 Å². The van der Waals surface area contributed by atoms with Crippen LogP contribution in [-0.2, 0) is 9.59 Å². The Morgan fingerprint density at radius 3 is 1.82 bits per heavy atom. The molecule has 0 saturated carbocycles. The van der Waals surface area contributed by atoms with Crippen LogP contribution in [0.1, 0.15) is 41.5 Å². The van der Waals surface area contributed by atoms with Gasteiger partial charge in [0.2, 0.25) is 5.91 Å². The maximum atomic E-state index is 11.6. The lowest BCUT2D eigenvalue weighted by Gasteiger charge is -2.20. The molecule has 17 heavy (non-hydrogen) atoms. The first-order valence-electron chi connectivity index (χ1n) is 5.57. The van der Waals surface area contributed by atoms with Crippen molar-refractivity contribution in [2.45, 2.75) is 41.5 Å². The van der Waals surface area contributed by atoms with Crippen molar-refractivity contribution in [1.29, 1.82) is 0 Å². The summed E-state index contributed by atoms with van der Waals surface area (Å²) in [6.07, 6.45) is 0. The molecule has 0 atom stereocenters. The van der Waals surface area contributed by atoms with Crippen LogP contribution in [0, 0.1) is 10.8 Å². The van der Waals surface area contributed by atoms with Crippen LogP contribution in [0.15, 0.2) is 0 Å². The molecule has 0 fully saturated rings. The van der Waals surface area contributed by atoms with Gasteiger partial charge in [-0.2, -0.15) is 0 Å². The lowest BCUT2D eigenvalue weighted by molar-refractivity contribution is -0.127. The molecular weight excluding hydrogens is 236 g/mol. The summed E-state index contributed by atoms with van der Waals surface area (Å²) in [5.41, 5.74) is -0.906. The predicted octanol–water partition coefficient (Wildman–Crippen LogP) is 1.64. The highest BCUT2D eigenvalue weighted by atomic mass is 32.1. The van der Waals surface area contributed by atoms with Crippen LogP contribution in [-0.4, -0.2) is 23.3 Å². The number of carbonyl (C=O) groups is 2. The summed E-state index contributed by atoms with van der Waals surface area (Å²) in [4.78, 5) is 23.2. The van der Waals surface area contributed by atoms with Gasteiger partial charge >= 0.3 is 0 Å². The van der Waals surface area contributed by atoms with E-state index in [1.807, 2.05) is 20.8 Å². The minimum Gasteiger partial charge on any atom is -0.355 e. The fourth-order valence-electron chi connectivity index (χ4n) is 0.761. The summed E-state index contributed by atoms with van der Waals surface area (Å²) in [6.45, 7) is 11.0. The highest BCUT2D eigenvalue weighted by molar-refractivity contribution is 7.80. The Morgan fingerprint density at radius 1 is 1.00 bits per heavy atom. The Hall–Kier alpha value is -0.970. The monoisotopic (exact) mass is 258 g/mol. The van der Waals surface area contributed by atoms with Gasteiger partial charge in [-0.25, -0.2) is 0 Å². The minimum atomic E-state index is -0.500. The van der Waals surface area contributed by atoms with E-state index in [0.717, 1.165) is 0 Å². The summed E-state index contributed by atoms with van der Waals surface area (Å²) >= 11 is 4.95. The molecule has 0 aliphatic heterocycles. The smallest absolute Gasteiger partial charge is 0.231 e. The van der Waals surface area contributed by atoms with Gasteiger partial charge in [-0.05, 0) is 12.2 Å². The van der Waals surface area contributed by atoms with Crippen LogP contribution in [0.25, 0.3) is 0 Å². The van der Waals surface area contributed by atoms with Gasteiger partial charge in [0.1, 0.15) is 0 Å². The molecule has 0 bridgehead atoms. The van der Waals surface area contributed by atoms with Gasteiger partial charge in [0.05, 0.1) is 6.54 Å². The number of hydrogen-bond acceptors (Lipinski definition) is 3. The van der Waals surface area contributed by atoms with Crippen LogP contribution < -0.4 is 10.6 Å². The van der Waals surface area contributed by atoms with E-state index < -0.39 is 10.8 Å². The molecular formula is C12H22N2O2S. The normalized spacial score (nSPS) is 11.9. The fourth-order valence-corrected chi connectivity index (χ4v) is 0.925. The quantitative estimate of drug-likeness (QED) is 0.739. The van der Waals surface area contributed by atoms with E-state index in [4.69, 9.17) is 12.2 Å². The third-order valence-corrected chi connectivity index (χ3v) is 2.40. The highest BCUT2D eigenvalue weighted by Gasteiger charge is 2.23. The summed E-state index contributed by atoms with van der Waals surface area (Å²) in [7, 11) is 0. The molecule has 0 unspecified atom stereocenters. The van der Waals surface area contributed by atoms with Gasteiger partial charge < -0.3 is 10.6 Å². The van der Waals surface area contributed by atoms with E-state index in [9.17, 15) is 9.59 Å². The molecule has 0 saturated heterocycles. The highest BCUT2D eigenvalue weighted by Crippen LogP contribution is 2.14. The number of rotatable bonds is 2. The number of carbonyl (C=O) groups excluding carboxylic acids is 2. The first-order valence-corrected chi connectivity index (χ1v) is 5.98. The molecule has 4 nitrogen and oxygen atoms in total. The van der Waals surface area contributed by atoms with Crippen molar-refractivity contribution in [2.24, 2.45) is 10.8 Å². The van der Waals surface area contributed by atoms with Gasteiger partial charge in [-0.1, -0.05) is 41.5 Å². The molecule has 0 aliphatic carbocycles. The number of hydrogen-bond donors (Lipinski definition) is 2. The first-order chi connectivity index (χ1) is 7.44. The van der Waals surface area contributed by atoms with Crippen molar-refractivity contribution in [3.05, 3.63) is 0 Å². The second-order valence-corrected chi connectivity index (χ2v) is 6.47. The molecule has 0 heterocycles. The van der Waals surface area contributed by atoms with Gasteiger partial charge in [0.15, 0.2) is 10.9 Å². The van der Waals surface area contributed by atoms with Crippen LogP contribution in [0.2, 0.25) is 0 Å². The molecule has 0 aromatic carbocycles. The average Bonchev–Trinajstić information content (AvgIpc) is 2.10. The molecule has 98 valence electrons. The molecule has 5 heteroatoms. The zero-order chi connectivity index (χ0) is 13.9. The van der Waals surface area contributed by atoms with Crippen molar-refractivity contribution in [2.75, 3.05) is 6.54 Å². The largest absolute Gasteiger partial charge is 0.355 e. The summed E-state index contributed by atoms with van der Waals surface area (Å²) in [5.74, 6) is -0.122. The Morgan fingerprint density at radius 2 is 1.47 bits per heavy atom.